The van der Waals surface area contributed by atoms with Gasteiger partial charge in [0.1, 0.15) is 11.5 Å². The van der Waals surface area contributed by atoms with Crippen LogP contribution in [-0.4, -0.2) is 50.0 Å². The number of carbonyl (C=O) groups excluding carboxylic acids is 1. The smallest absolute Gasteiger partial charge is 0.407 e. The number of halogens is 1. The van der Waals surface area contributed by atoms with Crippen molar-refractivity contribution in [2.24, 2.45) is 0 Å². The molecule has 2 amide bonds. The van der Waals surface area contributed by atoms with E-state index in [0.717, 1.165) is 29.5 Å². The molecule has 4 rings (SSSR count). The van der Waals surface area contributed by atoms with E-state index < -0.39 is 6.09 Å². The molecule has 0 spiro atoms. The highest BCUT2D eigenvalue weighted by atomic mass is 35.5. The normalized spacial score (nSPS) is 18.9. The van der Waals surface area contributed by atoms with E-state index in [4.69, 9.17) is 11.6 Å². The van der Waals surface area contributed by atoms with Gasteiger partial charge in [-0.1, -0.05) is 11.6 Å². The molecule has 1 aromatic heterocycles. The summed E-state index contributed by atoms with van der Waals surface area (Å²) < 4.78 is 0. The molecule has 28 heavy (non-hydrogen) atoms. The van der Waals surface area contributed by atoms with Crippen LogP contribution < -0.4 is 0 Å². The standard InChI is InChI=1S/C20H21ClN4O3/c1-12-22-6-4-17(23-12)19(26)24-8-5-13-9-14(21)10-15(16(13)11-24)18-3-2-7-25(18)20(27)28/h4,6,9-10,18H,2-3,5,7-8,11H2,1H3,(H,27,28)/t18-/m0/s1. The third kappa shape index (κ3) is 3.42. The zero-order valence-corrected chi connectivity index (χ0v) is 16.3. The number of likely N-dealkylation sites (tertiary alicyclic amines) is 1. The van der Waals surface area contributed by atoms with Crippen molar-refractivity contribution in [3.8, 4) is 0 Å². The maximum absolute atomic E-state index is 12.9. The second-order valence-corrected chi connectivity index (χ2v) is 7.67. The topological polar surface area (TPSA) is 86.6 Å². The number of aromatic nitrogens is 2. The van der Waals surface area contributed by atoms with Gasteiger partial charge in [0, 0.05) is 30.9 Å². The van der Waals surface area contributed by atoms with Crippen molar-refractivity contribution in [1.29, 1.82) is 0 Å². The molecule has 1 aromatic carbocycles. The van der Waals surface area contributed by atoms with Crippen LogP contribution in [0.15, 0.2) is 24.4 Å². The van der Waals surface area contributed by atoms with Gasteiger partial charge in [-0.25, -0.2) is 14.8 Å². The molecule has 1 fully saturated rings. The minimum absolute atomic E-state index is 0.140. The fourth-order valence-electron chi connectivity index (χ4n) is 4.18. The van der Waals surface area contributed by atoms with E-state index in [1.165, 1.54) is 4.90 Å². The lowest BCUT2D eigenvalue weighted by Gasteiger charge is -2.33. The molecule has 146 valence electrons. The molecule has 3 heterocycles. The number of carboxylic acid groups (broad SMARTS) is 1. The number of carbonyl (C=O) groups is 2. The van der Waals surface area contributed by atoms with Gasteiger partial charge in [-0.05, 0) is 61.1 Å². The molecular formula is C20H21ClN4O3. The fourth-order valence-corrected chi connectivity index (χ4v) is 4.43. The maximum atomic E-state index is 12.9. The molecule has 1 N–H and O–H groups in total. The summed E-state index contributed by atoms with van der Waals surface area (Å²) in [7, 11) is 0. The van der Waals surface area contributed by atoms with Crippen LogP contribution >= 0.6 is 11.6 Å². The monoisotopic (exact) mass is 400 g/mol. The van der Waals surface area contributed by atoms with Crippen molar-refractivity contribution in [2.45, 2.75) is 38.8 Å². The first kappa shape index (κ1) is 18.7. The van der Waals surface area contributed by atoms with Gasteiger partial charge < -0.3 is 14.9 Å². The third-order valence-corrected chi connectivity index (χ3v) is 5.70. The molecule has 2 aliphatic heterocycles. The maximum Gasteiger partial charge on any atom is 0.407 e. The van der Waals surface area contributed by atoms with Crippen molar-refractivity contribution in [3.05, 3.63) is 57.6 Å². The average molecular weight is 401 g/mol. The molecule has 0 unspecified atom stereocenters. The second kappa shape index (κ2) is 7.39. The van der Waals surface area contributed by atoms with Gasteiger partial charge in [0.15, 0.2) is 0 Å². The zero-order chi connectivity index (χ0) is 19.8. The molecule has 0 bridgehead atoms. The number of nitrogens with zero attached hydrogens (tertiary/aromatic N) is 4. The Hall–Kier alpha value is -2.67. The predicted molar refractivity (Wildman–Crippen MR) is 103 cm³/mol. The Bertz CT molecular complexity index is 949. The summed E-state index contributed by atoms with van der Waals surface area (Å²) >= 11 is 6.34. The van der Waals surface area contributed by atoms with Crippen molar-refractivity contribution in [2.75, 3.05) is 13.1 Å². The fraction of sp³-hybridized carbons (Fsp3) is 0.400. The Morgan fingerprint density at radius 1 is 1.29 bits per heavy atom. The van der Waals surface area contributed by atoms with E-state index in [1.54, 1.807) is 24.1 Å². The van der Waals surface area contributed by atoms with Crippen LogP contribution in [0.3, 0.4) is 0 Å². The van der Waals surface area contributed by atoms with Gasteiger partial charge in [-0.2, -0.15) is 0 Å². The molecule has 8 heteroatoms. The van der Waals surface area contributed by atoms with Crippen LogP contribution in [0.1, 0.15) is 51.9 Å². The Kier molecular flexibility index (Phi) is 4.93. The highest BCUT2D eigenvalue weighted by molar-refractivity contribution is 6.30. The number of hydrogen-bond acceptors (Lipinski definition) is 4. The van der Waals surface area contributed by atoms with Crippen molar-refractivity contribution in [1.82, 2.24) is 19.8 Å². The molecule has 7 nitrogen and oxygen atoms in total. The molecule has 0 radical (unpaired) electrons. The van der Waals surface area contributed by atoms with Crippen LogP contribution in [0.5, 0.6) is 0 Å². The van der Waals surface area contributed by atoms with E-state index in [0.29, 0.717) is 42.6 Å². The second-order valence-electron chi connectivity index (χ2n) is 7.23. The molecule has 0 aliphatic carbocycles. The molecule has 2 aromatic rings. The van der Waals surface area contributed by atoms with Crippen molar-refractivity contribution >= 4 is 23.6 Å². The predicted octanol–water partition coefficient (Wildman–Crippen LogP) is 3.45. The lowest BCUT2D eigenvalue weighted by Crippen LogP contribution is -2.38. The van der Waals surface area contributed by atoms with Gasteiger partial charge in [0.25, 0.3) is 5.91 Å². The van der Waals surface area contributed by atoms with Crippen molar-refractivity contribution in [3.63, 3.8) is 0 Å². The summed E-state index contributed by atoms with van der Waals surface area (Å²) in [5, 5.41) is 10.2. The van der Waals surface area contributed by atoms with E-state index >= 15 is 0 Å². The minimum Gasteiger partial charge on any atom is -0.465 e. The molecule has 0 saturated carbocycles. The number of amides is 2. The lowest BCUT2D eigenvalue weighted by atomic mass is 9.90. The lowest BCUT2D eigenvalue weighted by molar-refractivity contribution is 0.0726. The third-order valence-electron chi connectivity index (χ3n) is 5.48. The largest absolute Gasteiger partial charge is 0.465 e. The summed E-state index contributed by atoms with van der Waals surface area (Å²) in [6.45, 7) is 3.27. The first-order valence-corrected chi connectivity index (χ1v) is 9.71. The van der Waals surface area contributed by atoms with Crippen LogP contribution in [0.2, 0.25) is 5.02 Å². The quantitative estimate of drug-likeness (QED) is 0.834. The van der Waals surface area contributed by atoms with Gasteiger partial charge in [-0.15, -0.1) is 0 Å². The number of benzene rings is 1. The molecular weight excluding hydrogens is 380 g/mol. The highest BCUT2D eigenvalue weighted by Crippen LogP contribution is 2.38. The minimum atomic E-state index is -0.920. The summed E-state index contributed by atoms with van der Waals surface area (Å²) in [6.07, 6.45) is 2.93. The van der Waals surface area contributed by atoms with Crippen molar-refractivity contribution < 1.29 is 14.7 Å². The van der Waals surface area contributed by atoms with E-state index in [-0.39, 0.29) is 11.9 Å². The SMILES string of the molecule is Cc1nccc(C(=O)N2CCc3cc(Cl)cc([C@@H]4CCCN4C(=O)O)c3C2)n1. The van der Waals surface area contributed by atoms with Gasteiger partial charge in [-0.3, -0.25) is 4.79 Å². The average Bonchev–Trinajstić information content (AvgIpc) is 3.16. The first-order chi connectivity index (χ1) is 13.4. The van der Waals surface area contributed by atoms with Crippen LogP contribution in [0, 0.1) is 6.92 Å². The molecule has 1 atom stereocenters. The van der Waals surface area contributed by atoms with Crippen LogP contribution in [0.4, 0.5) is 4.79 Å². The Morgan fingerprint density at radius 2 is 2.11 bits per heavy atom. The summed E-state index contributed by atoms with van der Waals surface area (Å²) in [4.78, 5) is 36.1. The number of aryl methyl sites for hydroxylation is 1. The van der Waals surface area contributed by atoms with E-state index in [1.807, 2.05) is 12.1 Å². The van der Waals surface area contributed by atoms with Gasteiger partial charge >= 0.3 is 6.09 Å². The van der Waals surface area contributed by atoms with Gasteiger partial charge in [0.2, 0.25) is 0 Å². The number of fused-ring (bicyclic) bond motifs is 1. The van der Waals surface area contributed by atoms with E-state index in [2.05, 4.69) is 9.97 Å². The zero-order valence-electron chi connectivity index (χ0n) is 15.6. The van der Waals surface area contributed by atoms with Crippen LogP contribution in [-0.2, 0) is 13.0 Å². The Labute approximate surface area is 168 Å². The molecule has 2 aliphatic rings. The number of hydrogen-bond donors (Lipinski definition) is 1. The summed E-state index contributed by atoms with van der Waals surface area (Å²) in [5.74, 6) is 0.414. The van der Waals surface area contributed by atoms with Gasteiger partial charge in [0.05, 0.1) is 6.04 Å². The van der Waals surface area contributed by atoms with E-state index in [9.17, 15) is 14.7 Å². The Balaban J connectivity index is 1.68. The highest BCUT2D eigenvalue weighted by Gasteiger charge is 2.34. The number of rotatable bonds is 2. The summed E-state index contributed by atoms with van der Waals surface area (Å²) in [5.41, 5.74) is 3.38. The summed E-state index contributed by atoms with van der Waals surface area (Å²) in [6, 6.07) is 5.18. The first-order valence-electron chi connectivity index (χ1n) is 9.33. The molecule has 1 saturated heterocycles. The van der Waals surface area contributed by atoms with Crippen LogP contribution in [0.25, 0.3) is 0 Å². The Morgan fingerprint density at radius 3 is 2.86 bits per heavy atom.